The first-order valence-electron chi connectivity index (χ1n) is 7.90. The van der Waals surface area contributed by atoms with Gasteiger partial charge in [0.2, 0.25) is 0 Å². The summed E-state index contributed by atoms with van der Waals surface area (Å²) in [6, 6.07) is -1.68. The van der Waals surface area contributed by atoms with Crippen molar-refractivity contribution in [1.29, 1.82) is 0 Å². The molecule has 1 saturated heterocycles. The van der Waals surface area contributed by atoms with E-state index < -0.39 is 67.2 Å². The van der Waals surface area contributed by atoms with Crippen LogP contribution in [0.4, 0.5) is 13.2 Å². The Labute approximate surface area is 157 Å². The largest absolute Gasteiger partial charge is 0.471 e. The highest BCUT2D eigenvalue weighted by Gasteiger charge is 2.53. The Balaban J connectivity index is 3.27. The second kappa shape index (κ2) is 9.68. The van der Waals surface area contributed by atoms with Crippen molar-refractivity contribution in [3.63, 3.8) is 0 Å². The molecule has 0 aromatic heterocycles. The Morgan fingerprint density at radius 2 is 1.50 bits per heavy atom. The number of hydrogen-bond donors (Lipinski definition) is 1. The van der Waals surface area contributed by atoms with Crippen LogP contribution in [0.1, 0.15) is 20.8 Å². The molecule has 0 radical (unpaired) electrons. The predicted octanol–water partition coefficient (Wildman–Crippen LogP) is -0.169. The Hall–Kier alpha value is -2.41. The van der Waals surface area contributed by atoms with Gasteiger partial charge in [-0.3, -0.25) is 19.2 Å². The maximum absolute atomic E-state index is 12.7. The van der Waals surface area contributed by atoms with Crippen LogP contribution in [-0.2, 0) is 42.9 Å². The lowest BCUT2D eigenvalue weighted by Crippen LogP contribution is -2.67. The van der Waals surface area contributed by atoms with E-state index in [1.807, 2.05) is 0 Å². The molecule has 0 aliphatic carbocycles. The molecule has 0 saturated carbocycles. The number of carbonyl (C=O) groups is 4. The van der Waals surface area contributed by atoms with Crippen molar-refractivity contribution in [3.05, 3.63) is 0 Å². The second-order valence-electron chi connectivity index (χ2n) is 5.73. The van der Waals surface area contributed by atoms with Gasteiger partial charge in [0.25, 0.3) is 0 Å². The van der Waals surface area contributed by atoms with Gasteiger partial charge in [0.15, 0.2) is 18.5 Å². The number of methoxy groups -OCH3 is 1. The molecule has 1 amide bonds. The standard InChI is InChI=1S/C15H20F3NO9/c1-6(20)25-5-9-11(26-7(2)21)12(27-8(3)22)10(13(24-4)28-9)19-14(23)15(16,17)18/h9-13H,5H2,1-4H3,(H,19,23)/t9-,10-,11+,12-,13-/m1/s1. The van der Waals surface area contributed by atoms with Crippen molar-refractivity contribution in [3.8, 4) is 0 Å². The molecule has 10 nitrogen and oxygen atoms in total. The van der Waals surface area contributed by atoms with Crippen LogP contribution in [-0.4, -0.2) is 74.4 Å². The van der Waals surface area contributed by atoms with Crippen LogP contribution >= 0.6 is 0 Å². The Morgan fingerprint density at radius 1 is 0.964 bits per heavy atom. The molecule has 13 heteroatoms. The van der Waals surface area contributed by atoms with Crippen LogP contribution in [0.5, 0.6) is 0 Å². The van der Waals surface area contributed by atoms with Crippen molar-refractivity contribution in [1.82, 2.24) is 5.32 Å². The highest BCUT2D eigenvalue weighted by atomic mass is 19.4. The van der Waals surface area contributed by atoms with E-state index >= 15 is 0 Å². The average molecular weight is 415 g/mol. The van der Waals surface area contributed by atoms with Gasteiger partial charge < -0.3 is 29.0 Å². The van der Waals surface area contributed by atoms with E-state index in [0.29, 0.717) is 0 Å². The van der Waals surface area contributed by atoms with Gasteiger partial charge in [-0.1, -0.05) is 0 Å². The molecule has 1 fully saturated rings. The summed E-state index contributed by atoms with van der Waals surface area (Å²) in [4.78, 5) is 45.4. The summed E-state index contributed by atoms with van der Waals surface area (Å²) in [5, 5.41) is 1.61. The molecular formula is C15H20F3NO9. The fourth-order valence-corrected chi connectivity index (χ4v) is 2.49. The molecule has 28 heavy (non-hydrogen) atoms. The molecule has 1 aliphatic rings. The summed E-state index contributed by atoms with van der Waals surface area (Å²) in [5.74, 6) is -4.87. The number of ether oxygens (including phenoxy) is 5. The number of carbonyl (C=O) groups excluding carboxylic acids is 4. The molecule has 1 N–H and O–H groups in total. The SMILES string of the molecule is CO[C@@H]1O[C@H](COC(C)=O)[C@H](OC(C)=O)[C@H](OC(C)=O)[C@H]1NC(=O)C(F)(F)F. The van der Waals surface area contributed by atoms with Gasteiger partial charge in [0.1, 0.15) is 18.8 Å². The zero-order valence-corrected chi connectivity index (χ0v) is 15.4. The van der Waals surface area contributed by atoms with Crippen molar-refractivity contribution in [2.45, 2.75) is 57.6 Å². The van der Waals surface area contributed by atoms with Crippen molar-refractivity contribution < 1.29 is 56.0 Å². The van der Waals surface area contributed by atoms with Crippen LogP contribution in [0.15, 0.2) is 0 Å². The molecule has 1 heterocycles. The van der Waals surface area contributed by atoms with Crippen LogP contribution in [0, 0.1) is 0 Å². The minimum atomic E-state index is -5.25. The summed E-state index contributed by atoms with van der Waals surface area (Å²) >= 11 is 0. The van der Waals surface area contributed by atoms with Gasteiger partial charge in [-0.2, -0.15) is 13.2 Å². The molecule has 1 aliphatic heterocycles. The van der Waals surface area contributed by atoms with Gasteiger partial charge in [-0.15, -0.1) is 0 Å². The fourth-order valence-electron chi connectivity index (χ4n) is 2.49. The van der Waals surface area contributed by atoms with Gasteiger partial charge >= 0.3 is 30.0 Å². The van der Waals surface area contributed by atoms with Gasteiger partial charge in [0, 0.05) is 27.9 Å². The summed E-state index contributed by atoms with van der Waals surface area (Å²) in [6.07, 6.45) is -11.1. The second-order valence-corrected chi connectivity index (χ2v) is 5.73. The molecule has 0 unspecified atom stereocenters. The molecule has 0 spiro atoms. The highest BCUT2D eigenvalue weighted by Crippen LogP contribution is 2.28. The van der Waals surface area contributed by atoms with Gasteiger partial charge in [-0.05, 0) is 0 Å². The van der Waals surface area contributed by atoms with E-state index in [2.05, 4.69) is 0 Å². The number of hydrogen-bond acceptors (Lipinski definition) is 9. The van der Waals surface area contributed by atoms with Gasteiger partial charge in [0.05, 0.1) is 0 Å². The molecule has 160 valence electrons. The monoisotopic (exact) mass is 415 g/mol. The van der Waals surface area contributed by atoms with Crippen molar-refractivity contribution in [2.24, 2.45) is 0 Å². The number of alkyl halides is 3. The van der Waals surface area contributed by atoms with E-state index in [4.69, 9.17) is 23.7 Å². The number of amides is 1. The minimum Gasteiger partial charge on any atom is -0.463 e. The minimum absolute atomic E-state index is 0.481. The predicted molar refractivity (Wildman–Crippen MR) is 81.4 cm³/mol. The van der Waals surface area contributed by atoms with Crippen molar-refractivity contribution >= 4 is 23.8 Å². The van der Waals surface area contributed by atoms with E-state index in [9.17, 15) is 32.3 Å². The van der Waals surface area contributed by atoms with Crippen LogP contribution in [0.25, 0.3) is 0 Å². The maximum atomic E-state index is 12.7. The number of rotatable bonds is 6. The van der Waals surface area contributed by atoms with Crippen LogP contribution in [0.2, 0.25) is 0 Å². The molecular weight excluding hydrogens is 395 g/mol. The van der Waals surface area contributed by atoms with E-state index in [1.165, 1.54) is 0 Å². The lowest BCUT2D eigenvalue weighted by atomic mass is 9.96. The first kappa shape index (κ1) is 23.6. The first-order valence-corrected chi connectivity index (χ1v) is 7.90. The lowest BCUT2D eigenvalue weighted by molar-refractivity contribution is -0.273. The summed E-state index contributed by atoms with van der Waals surface area (Å²) in [6.45, 7) is 2.57. The van der Waals surface area contributed by atoms with E-state index in [-0.39, 0.29) is 0 Å². The van der Waals surface area contributed by atoms with E-state index in [1.54, 1.807) is 5.32 Å². The van der Waals surface area contributed by atoms with Crippen molar-refractivity contribution in [2.75, 3.05) is 13.7 Å². The van der Waals surface area contributed by atoms with Crippen LogP contribution < -0.4 is 5.32 Å². The fraction of sp³-hybridized carbons (Fsp3) is 0.733. The molecule has 5 atom stereocenters. The summed E-state index contributed by atoms with van der Waals surface area (Å²) in [5.41, 5.74) is 0. The third-order valence-corrected chi connectivity index (χ3v) is 3.49. The molecule has 1 rings (SSSR count). The number of nitrogens with one attached hydrogen (secondary N) is 1. The average Bonchev–Trinajstić information content (AvgIpc) is 2.54. The topological polar surface area (TPSA) is 126 Å². The lowest BCUT2D eigenvalue weighted by Gasteiger charge is -2.44. The van der Waals surface area contributed by atoms with Crippen LogP contribution in [0.3, 0.4) is 0 Å². The number of halogens is 3. The Bertz CT molecular complexity index is 610. The molecule has 0 aromatic carbocycles. The third-order valence-electron chi connectivity index (χ3n) is 3.49. The summed E-state index contributed by atoms with van der Waals surface area (Å²) in [7, 11) is 1.07. The third kappa shape index (κ3) is 6.64. The highest BCUT2D eigenvalue weighted by molar-refractivity contribution is 5.82. The Morgan fingerprint density at radius 3 is 1.93 bits per heavy atom. The quantitative estimate of drug-likeness (QED) is 0.465. The van der Waals surface area contributed by atoms with E-state index in [0.717, 1.165) is 27.9 Å². The number of esters is 3. The smallest absolute Gasteiger partial charge is 0.463 e. The zero-order valence-electron chi connectivity index (χ0n) is 15.4. The Kier molecular flexibility index (Phi) is 8.17. The zero-order chi connectivity index (χ0) is 21.6. The normalized spacial score (nSPS) is 27.5. The first-order chi connectivity index (χ1) is 12.9. The molecule has 0 bridgehead atoms. The molecule has 0 aromatic rings. The van der Waals surface area contributed by atoms with Gasteiger partial charge in [-0.25, -0.2) is 0 Å². The summed E-state index contributed by atoms with van der Waals surface area (Å²) < 4.78 is 63.2. The maximum Gasteiger partial charge on any atom is 0.471 e.